The topological polar surface area (TPSA) is 32.3 Å². The maximum absolute atomic E-state index is 9.27. The van der Waals surface area contributed by atoms with Crippen LogP contribution >= 0.6 is 0 Å². The fourth-order valence-corrected chi connectivity index (χ4v) is 2.28. The standard InChI is InChI=1S/C13H19NO/c1-10(15)9-14-13-8-4-6-11-5-2-3-7-12(11)13/h2-3,5,7,10,13-15H,4,6,8-9H2,1H3/t10-,13+/m0/s1. The van der Waals surface area contributed by atoms with Crippen LogP contribution in [0.5, 0.6) is 0 Å². The highest BCUT2D eigenvalue weighted by Gasteiger charge is 2.18. The van der Waals surface area contributed by atoms with Crippen molar-refractivity contribution in [1.29, 1.82) is 0 Å². The molecule has 0 unspecified atom stereocenters. The smallest absolute Gasteiger partial charge is 0.0636 e. The Labute approximate surface area is 91.3 Å². The molecule has 0 amide bonds. The number of aliphatic hydroxyl groups excluding tert-OH is 1. The van der Waals surface area contributed by atoms with Crippen molar-refractivity contribution in [1.82, 2.24) is 5.32 Å². The minimum absolute atomic E-state index is 0.265. The lowest BCUT2D eigenvalue weighted by atomic mass is 9.88. The van der Waals surface area contributed by atoms with Crippen LogP contribution in [0.2, 0.25) is 0 Å². The van der Waals surface area contributed by atoms with Gasteiger partial charge in [0.25, 0.3) is 0 Å². The van der Waals surface area contributed by atoms with Crippen LogP contribution in [-0.4, -0.2) is 17.8 Å². The van der Waals surface area contributed by atoms with Gasteiger partial charge in [0.15, 0.2) is 0 Å². The lowest BCUT2D eigenvalue weighted by Crippen LogP contribution is -2.30. The Hall–Kier alpha value is -0.860. The van der Waals surface area contributed by atoms with Gasteiger partial charge < -0.3 is 10.4 Å². The molecule has 0 aromatic heterocycles. The van der Waals surface area contributed by atoms with E-state index in [0.717, 1.165) is 0 Å². The number of aliphatic hydroxyl groups is 1. The molecule has 0 spiro atoms. The number of hydrogen-bond donors (Lipinski definition) is 2. The van der Waals surface area contributed by atoms with Gasteiger partial charge in [-0.2, -0.15) is 0 Å². The molecule has 1 aromatic carbocycles. The zero-order valence-corrected chi connectivity index (χ0v) is 9.24. The van der Waals surface area contributed by atoms with Crippen LogP contribution in [0.25, 0.3) is 0 Å². The zero-order valence-electron chi connectivity index (χ0n) is 9.24. The van der Waals surface area contributed by atoms with E-state index in [1.807, 2.05) is 6.92 Å². The number of rotatable bonds is 3. The van der Waals surface area contributed by atoms with Gasteiger partial charge in [0, 0.05) is 12.6 Å². The summed E-state index contributed by atoms with van der Waals surface area (Å²) >= 11 is 0. The molecular weight excluding hydrogens is 186 g/mol. The van der Waals surface area contributed by atoms with Crippen LogP contribution in [0.3, 0.4) is 0 Å². The van der Waals surface area contributed by atoms with E-state index in [1.165, 1.54) is 30.4 Å². The lowest BCUT2D eigenvalue weighted by Gasteiger charge is -2.26. The molecular formula is C13H19NO. The van der Waals surface area contributed by atoms with Crippen molar-refractivity contribution >= 4 is 0 Å². The van der Waals surface area contributed by atoms with Crippen LogP contribution in [0.4, 0.5) is 0 Å². The van der Waals surface area contributed by atoms with E-state index in [2.05, 4.69) is 29.6 Å². The fraction of sp³-hybridized carbons (Fsp3) is 0.538. The molecule has 0 aliphatic heterocycles. The number of nitrogens with one attached hydrogen (secondary N) is 1. The van der Waals surface area contributed by atoms with E-state index in [9.17, 15) is 5.11 Å². The van der Waals surface area contributed by atoms with E-state index in [-0.39, 0.29) is 6.10 Å². The van der Waals surface area contributed by atoms with Gasteiger partial charge in [-0.15, -0.1) is 0 Å². The van der Waals surface area contributed by atoms with E-state index in [0.29, 0.717) is 12.6 Å². The average molecular weight is 205 g/mol. The Kier molecular flexibility index (Phi) is 3.39. The number of benzene rings is 1. The van der Waals surface area contributed by atoms with Crippen molar-refractivity contribution in [3.8, 4) is 0 Å². The molecule has 0 saturated heterocycles. The highest BCUT2D eigenvalue weighted by Crippen LogP contribution is 2.29. The summed E-state index contributed by atoms with van der Waals surface area (Å²) in [6.45, 7) is 2.50. The third-order valence-electron chi connectivity index (χ3n) is 3.03. The summed E-state index contributed by atoms with van der Waals surface area (Å²) in [6.07, 6.45) is 3.36. The number of hydrogen-bond acceptors (Lipinski definition) is 2. The average Bonchev–Trinajstić information content (AvgIpc) is 2.26. The summed E-state index contributed by atoms with van der Waals surface area (Å²) in [5.41, 5.74) is 2.89. The second-order valence-corrected chi connectivity index (χ2v) is 4.40. The van der Waals surface area contributed by atoms with Crippen LogP contribution in [0.15, 0.2) is 24.3 Å². The second kappa shape index (κ2) is 4.77. The third kappa shape index (κ3) is 2.58. The molecule has 0 saturated carbocycles. The first-order valence-corrected chi connectivity index (χ1v) is 5.76. The normalized spacial score (nSPS) is 22.1. The Morgan fingerprint density at radius 1 is 1.47 bits per heavy atom. The van der Waals surface area contributed by atoms with E-state index < -0.39 is 0 Å². The summed E-state index contributed by atoms with van der Waals surface area (Å²) in [5.74, 6) is 0. The van der Waals surface area contributed by atoms with Gasteiger partial charge in [-0.25, -0.2) is 0 Å². The molecule has 0 fully saturated rings. The number of aryl methyl sites for hydroxylation is 1. The minimum atomic E-state index is -0.265. The SMILES string of the molecule is C[C@H](O)CN[C@@H]1CCCc2ccccc21. The fourth-order valence-electron chi connectivity index (χ4n) is 2.28. The van der Waals surface area contributed by atoms with Gasteiger partial charge in [-0.3, -0.25) is 0 Å². The monoisotopic (exact) mass is 205 g/mol. The van der Waals surface area contributed by atoms with E-state index in [4.69, 9.17) is 0 Å². The van der Waals surface area contributed by atoms with Gasteiger partial charge in [0.1, 0.15) is 0 Å². The minimum Gasteiger partial charge on any atom is -0.392 e. The van der Waals surface area contributed by atoms with Gasteiger partial charge in [-0.05, 0) is 37.3 Å². The van der Waals surface area contributed by atoms with Crippen LogP contribution in [0, 0.1) is 0 Å². The maximum Gasteiger partial charge on any atom is 0.0636 e. The molecule has 2 heteroatoms. The van der Waals surface area contributed by atoms with Gasteiger partial charge in [-0.1, -0.05) is 24.3 Å². The molecule has 1 aromatic rings. The van der Waals surface area contributed by atoms with Gasteiger partial charge >= 0.3 is 0 Å². The first-order valence-electron chi connectivity index (χ1n) is 5.76. The highest BCUT2D eigenvalue weighted by molar-refractivity contribution is 5.32. The molecule has 0 bridgehead atoms. The Morgan fingerprint density at radius 3 is 3.07 bits per heavy atom. The largest absolute Gasteiger partial charge is 0.392 e. The molecule has 2 atom stereocenters. The third-order valence-corrected chi connectivity index (χ3v) is 3.03. The highest BCUT2D eigenvalue weighted by atomic mass is 16.3. The van der Waals surface area contributed by atoms with Crippen molar-refractivity contribution in [2.45, 2.75) is 38.3 Å². The molecule has 1 aliphatic rings. The molecule has 2 N–H and O–H groups in total. The molecule has 15 heavy (non-hydrogen) atoms. The quantitative estimate of drug-likeness (QED) is 0.791. The Bertz CT molecular complexity index is 322. The van der Waals surface area contributed by atoms with Gasteiger partial charge in [0.05, 0.1) is 6.10 Å². The number of fused-ring (bicyclic) bond motifs is 1. The summed E-state index contributed by atoms with van der Waals surface area (Å²) in [7, 11) is 0. The molecule has 82 valence electrons. The van der Waals surface area contributed by atoms with Crippen molar-refractivity contribution in [2.24, 2.45) is 0 Å². The van der Waals surface area contributed by atoms with Crippen molar-refractivity contribution in [3.63, 3.8) is 0 Å². The van der Waals surface area contributed by atoms with E-state index in [1.54, 1.807) is 0 Å². The van der Waals surface area contributed by atoms with Crippen molar-refractivity contribution in [2.75, 3.05) is 6.54 Å². The first-order chi connectivity index (χ1) is 7.27. The maximum atomic E-state index is 9.27. The molecule has 1 aliphatic carbocycles. The Balaban J connectivity index is 2.08. The Morgan fingerprint density at radius 2 is 2.27 bits per heavy atom. The van der Waals surface area contributed by atoms with Gasteiger partial charge in [0.2, 0.25) is 0 Å². The molecule has 0 radical (unpaired) electrons. The van der Waals surface area contributed by atoms with Crippen LogP contribution in [-0.2, 0) is 6.42 Å². The predicted molar refractivity (Wildman–Crippen MR) is 61.8 cm³/mol. The predicted octanol–water partition coefficient (Wildman–Crippen LogP) is 2.03. The van der Waals surface area contributed by atoms with Crippen molar-refractivity contribution < 1.29 is 5.11 Å². The summed E-state index contributed by atoms with van der Waals surface area (Å²) < 4.78 is 0. The van der Waals surface area contributed by atoms with Crippen LogP contribution < -0.4 is 5.32 Å². The zero-order chi connectivity index (χ0) is 10.7. The molecule has 2 rings (SSSR count). The molecule has 0 heterocycles. The first kappa shape index (κ1) is 10.7. The lowest BCUT2D eigenvalue weighted by molar-refractivity contribution is 0.184. The summed E-state index contributed by atoms with van der Waals surface area (Å²) in [4.78, 5) is 0. The van der Waals surface area contributed by atoms with Crippen LogP contribution in [0.1, 0.15) is 36.9 Å². The summed E-state index contributed by atoms with van der Waals surface area (Å²) in [6, 6.07) is 9.06. The molecule has 2 nitrogen and oxygen atoms in total. The van der Waals surface area contributed by atoms with Crippen molar-refractivity contribution in [3.05, 3.63) is 35.4 Å². The van der Waals surface area contributed by atoms with E-state index >= 15 is 0 Å². The second-order valence-electron chi connectivity index (χ2n) is 4.40. The summed E-state index contributed by atoms with van der Waals surface area (Å²) in [5, 5.41) is 12.7.